The Hall–Kier alpha value is -2.14. The van der Waals surface area contributed by atoms with Gasteiger partial charge in [-0.15, -0.1) is 0 Å². The first-order valence-corrected chi connectivity index (χ1v) is 8.53. The van der Waals surface area contributed by atoms with E-state index in [2.05, 4.69) is 17.6 Å². The molecule has 1 aliphatic heterocycles. The van der Waals surface area contributed by atoms with Crippen LogP contribution in [-0.2, 0) is 9.59 Å². The number of halogens is 1. The van der Waals surface area contributed by atoms with Gasteiger partial charge < -0.3 is 0 Å². The molecule has 24 heavy (non-hydrogen) atoms. The van der Waals surface area contributed by atoms with Crippen LogP contribution in [0.1, 0.15) is 23.2 Å². The normalized spacial score (nSPS) is 34.1. The first-order chi connectivity index (χ1) is 11.5. The molecule has 1 saturated heterocycles. The molecule has 1 aromatic rings. The van der Waals surface area contributed by atoms with E-state index < -0.39 is 5.91 Å². The van der Waals surface area contributed by atoms with Crippen molar-refractivity contribution in [2.24, 2.45) is 29.1 Å². The summed E-state index contributed by atoms with van der Waals surface area (Å²) in [6.45, 7) is 0. The van der Waals surface area contributed by atoms with Crippen LogP contribution in [0.15, 0.2) is 36.4 Å². The average Bonchev–Trinajstić information content (AvgIpc) is 3.18. The summed E-state index contributed by atoms with van der Waals surface area (Å²) in [5.74, 6) is -1.32. The zero-order chi connectivity index (χ0) is 16.6. The Morgan fingerprint density at radius 2 is 1.58 bits per heavy atom. The summed E-state index contributed by atoms with van der Waals surface area (Å²) in [5.41, 5.74) is 3.00. The molecule has 1 heterocycles. The molecule has 0 radical (unpaired) electrons. The van der Waals surface area contributed by atoms with Crippen LogP contribution in [0, 0.1) is 29.1 Å². The standard InChI is InChI=1S/C18H15ClN2O3/c19-10-3-1-9(2-4-10)15(22)20-21-16(23)13-11-5-6-12(14(13)17(21)24)18(11)7-8-18/h1-6,11-14H,7-8H2,(H,20,22)/t11-,12-,13-,14+/m1/s1. The molecule has 3 fully saturated rings. The summed E-state index contributed by atoms with van der Waals surface area (Å²) in [6.07, 6.45) is 6.41. The molecule has 1 spiro atoms. The molecule has 1 N–H and O–H groups in total. The van der Waals surface area contributed by atoms with Gasteiger partial charge >= 0.3 is 0 Å². The number of carbonyl (C=O) groups excluding carboxylic acids is 3. The minimum Gasteiger partial charge on any atom is -0.272 e. The number of hydrazine groups is 1. The number of carbonyl (C=O) groups is 3. The van der Waals surface area contributed by atoms with Gasteiger partial charge in [0.1, 0.15) is 0 Å². The molecule has 3 amide bonds. The molecule has 2 bridgehead atoms. The highest BCUT2D eigenvalue weighted by Gasteiger charge is 2.73. The van der Waals surface area contributed by atoms with Crippen LogP contribution in [0.25, 0.3) is 0 Å². The highest BCUT2D eigenvalue weighted by atomic mass is 35.5. The molecule has 6 heteroatoms. The molecule has 1 aromatic carbocycles. The van der Waals surface area contributed by atoms with Gasteiger partial charge in [-0.25, -0.2) is 0 Å². The number of hydrogen-bond donors (Lipinski definition) is 1. The number of rotatable bonds is 2. The molecule has 0 aromatic heterocycles. The predicted octanol–water partition coefficient (Wildman–Crippen LogP) is 2.18. The molecule has 5 rings (SSSR count). The molecule has 4 aliphatic rings. The van der Waals surface area contributed by atoms with Gasteiger partial charge in [0.25, 0.3) is 17.7 Å². The third-order valence-electron chi connectivity index (χ3n) is 6.17. The Morgan fingerprint density at radius 1 is 1.04 bits per heavy atom. The lowest BCUT2D eigenvalue weighted by molar-refractivity contribution is -0.144. The predicted molar refractivity (Wildman–Crippen MR) is 85.5 cm³/mol. The minimum atomic E-state index is -0.477. The summed E-state index contributed by atoms with van der Waals surface area (Å²) in [4.78, 5) is 37.8. The molecule has 122 valence electrons. The Bertz CT molecular complexity index is 778. The van der Waals surface area contributed by atoms with Crippen molar-refractivity contribution < 1.29 is 14.4 Å². The van der Waals surface area contributed by atoms with Crippen LogP contribution < -0.4 is 5.43 Å². The summed E-state index contributed by atoms with van der Waals surface area (Å²) in [6, 6.07) is 6.32. The van der Waals surface area contributed by atoms with Crippen molar-refractivity contribution in [1.82, 2.24) is 10.4 Å². The van der Waals surface area contributed by atoms with Crippen LogP contribution in [-0.4, -0.2) is 22.7 Å². The zero-order valence-corrected chi connectivity index (χ0v) is 13.5. The Labute approximate surface area is 143 Å². The number of nitrogens with zero attached hydrogens (tertiary/aromatic N) is 1. The van der Waals surface area contributed by atoms with E-state index in [4.69, 9.17) is 11.6 Å². The zero-order valence-electron chi connectivity index (χ0n) is 12.7. The number of hydrogen-bond acceptors (Lipinski definition) is 3. The first kappa shape index (κ1) is 14.2. The van der Waals surface area contributed by atoms with Crippen molar-refractivity contribution in [2.75, 3.05) is 0 Å². The quantitative estimate of drug-likeness (QED) is 0.661. The molecular weight excluding hydrogens is 328 g/mol. The summed E-state index contributed by atoms with van der Waals surface area (Å²) in [5, 5.41) is 1.46. The van der Waals surface area contributed by atoms with Gasteiger partial charge in [-0.3, -0.25) is 19.8 Å². The van der Waals surface area contributed by atoms with E-state index in [0.717, 1.165) is 17.9 Å². The van der Waals surface area contributed by atoms with Gasteiger partial charge in [0.15, 0.2) is 0 Å². The molecule has 0 unspecified atom stereocenters. The highest BCUT2D eigenvalue weighted by molar-refractivity contribution is 6.30. The average molecular weight is 343 g/mol. The van der Waals surface area contributed by atoms with E-state index in [1.807, 2.05) is 0 Å². The van der Waals surface area contributed by atoms with Crippen LogP contribution in [0.2, 0.25) is 5.02 Å². The van der Waals surface area contributed by atoms with Crippen molar-refractivity contribution in [3.63, 3.8) is 0 Å². The highest BCUT2D eigenvalue weighted by Crippen LogP contribution is 2.73. The van der Waals surface area contributed by atoms with E-state index >= 15 is 0 Å². The fourth-order valence-electron chi connectivity index (χ4n) is 4.96. The van der Waals surface area contributed by atoms with E-state index in [1.165, 1.54) is 0 Å². The molecule has 5 nitrogen and oxygen atoms in total. The van der Waals surface area contributed by atoms with Crippen LogP contribution >= 0.6 is 11.6 Å². The minimum absolute atomic E-state index is 0.154. The van der Waals surface area contributed by atoms with E-state index in [9.17, 15) is 14.4 Å². The van der Waals surface area contributed by atoms with Crippen LogP contribution in [0.4, 0.5) is 0 Å². The smallest absolute Gasteiger partial charge is 0.270 e. The topological polar surface area (TPSA) is 66.5 Å². The van der Waals surface area contributed by atoms with Crippen molar-refractivity contribution in [3.05, 3.63) is 47.0 Å². The maximum atomic E-state index is 12.8. The number of nitrogens with one attached hydrogen (secondary N) is 1. The van der Waals surface area contributed by atoms with Crippen molar-refractivity contribution in [3.8, 4) is 0 Å². The van der Waals surface area contributed by atoms with Crippen molar-refractivity contribution in [2.45, 2.75) is 12.8 Å². The Balaban J connectivity index is 1.39. The van der Waals surface area contributed by atoms with Crippen molar-refractivity contribution in [1.29, 1.82) is 0 Å². The second-order valence-corrected chi connectivity index (χ2v) is 7.62. The summed E-state index contributed by atoms with van der Waals surface area (Å²) in [7, 11) is 0. The van der Waals surface area contributed by atoms with E-state index in [1.54, 1.807) is 24.3 Å². The number of benzene rings is 1. The number of amides is 3. The lowest BCUT2D eigenvalue weighted by atomic mass is 9.85. The summed E-state index contributed by atoms with van der Waals surface area (Å²) < 4.78 is 0. The van der Waals surface area contributed by atoms with Crippen molar-refractivity contribution >= 4 is 29.3 Å². The van der Waals surface area contributed by atoms with E-state index in [0.29, 0.717) is 10.6 Å². The Morgan fingerprint density at radius 3 is 2.08 bits per heavy atom. The SMILES string of the molecule is O=C(NN1C(=O)[C@@H]2[C@H](C1=O)[C@H]1C=C[C@H]2C12CC2)c1ccc(Cl)cc1. The van der Waals surface area contributed by atoms with Gasteiger partial charge in [0.2, 0.25) is 0 Å². The van der Waals surface area contributed by atoms with Gasteiger partial charge in [-0.1, -0.05) is 23.8 Å². The number of fused-ring (bicyclic) bond motifs is 3. The second kappa shape index (κ2) is 4.48. The third kappa shape index (κ3) is 1.63. The van der Waals surface area contributed by atoms with Crippen LogP contribution in [0.5, 0.6) is 0 Å². The van der Waals surface area contributed by atoms with Crippen LogP contribution in [0.3, 0.4) is 0 Å². The monoisotopic (exact) mass is 342 g/mol. The molecule has 4 atom stereocenters. The first-order valence-electron chi connectivity index (χ1n) is 8.16. The van der Waals surface area contributed by atoms with Gasteiger partial charge in [0, 0.05) is 10.6 Å². The largest absolute Gasteiger partial charge is 0.272 e. The van der Waals surface area contributed by atoms with Gasteiger partial charge in [-0.2, -0.15) is 5.01 Å². The Kier molecular flexibility index (Phi) is 2.65. The third-order valence-corrected chi connectivity index (χ3v) is 6.42. The lowest BCUT2D eigenvalue weighted by Gasteiger charge is -2.22. The van der Waals surface area contributed by atoms with Gasteiger partial charge in [0.05, 0.1) is 11.8 Å². The molecule has 2 saturated carbocycles. The summed E-state index contributed by atoms with van der Waals surface area (Å²) >= 11 is 5.81. The second-order valence-electron chi connectivity index (χ2n) is 7.18. The fraction of sp³-hybridized carbons (Fsp3) is 0.389. The maximum absolute atomic E-state index is 12.8. The number of imide groups is 1. The lowest BCUT2D eigenvalue weighted by Crippen LogP contribution is -2.47. The van der Waals surface area contributed by atoms with Gasteiger partial charge in [-0.05, 0) is 54.4 Å². The number of allylic oxidation sites excluding steroid dienone is 2. The maximum Gasteiger partial charge on any atom is 0.270 e. The van der Waals surface area contributed by atoms with E-state index in [-0.39, 0.29) is 40.9 Å². The molecular formula is C18H15ClN2O3. The molecule has 3 aliphatic carbocycles. The fourth-order valence-corrected chi connectivity index (χ4v) is 5.08.